The summed E-state index contributed by atoms with van der Waals surface area (Å²) in [6, 6.07) is 12.8. The number of esters is 1. The summed E-state index contributed by atoms with van der Waals surface area (Å²) in [5.74, 6) is -0.734. The van der Waals surface area contributed by atoms with Crippen LogP contribution < -0.4 is 5.32 Å². The monoisotopic (exact) mass is 398 g/mol. The Balaban J connectivity index is 1.74. The van der Waals surface area contributed by atoms with Gasteiger partial charge in [-0.1, -0.05) is 48.0 Å². The third kappa shape index (κ3) is 3.25. The van der Waals surface area contributed by atoms with Gasteiger partial charge in [0.05, 0.1) is 5.57 Å². The van der Waals surface area contributed by atoms with E-state index in [-0.39, 0.29) is 22.8 Å². The van der Waals surface area contributed by atoms with Gasteiger partial charge >= 0.3 is 5.97 Å². The molecule has 0 saturated heterocycles. The number of fused-ring (bicyclic) bond motifs is 1. The van der Waals surface area contributed by atoms with Crippen molar-refractivity contribution in [1.29, 1.82) is 0 Å². The average molecular weight is 399 g/mol. The zero-order valence-corrected chi connectivity index (χ0v) is 15.7. The number of ether oxygens (including phenoxy) is 1. The predicted molar refractivity (Wildman–Crippen MR) is 102 cm³/mol. The molecule has 142 valence electrons. The van der Waals surface area contributed by atoms with Gasteiger partial charge in [0.2, 0.25) is 5.95 Å². The summed E-state index contributed by atoms with van der Waals surface area (Å²) in [4.78, 5) is 17.1. The van der Waals surface area contributed by atoms with Crippen molar-refractivity contribution in [1.82, 2.24) is 14.8 Å². The number of allylic oxidation sites excluding steroid dienone is 1. The number of hydrogen-bond acceptors (Lipinski definition) is 5. The molecule has 4 rings (SSSR count). The number of hydrogen-bond donors (Lipinski definition) is 1. The Labute approximate surface area is 165 Å². The van der Waals surface area contributed by atoms with Crippen LogP contribution in [0.25, 0.3) is 0 Å². The van der Waals surface area contributed by atoms with Crippen molar-refractivity contribution >= 4 is 23.5 Å². The lowest BCUT2D eigenvalue weighted by Crippen LogP contribution is -2.30. The smallest absolute Gasteiger partial charge is 0.338 e. The van der Waals surface area contributed by atoms with Crippen molar-refractivity contribution in [2.24, 2.45) is 0 Å². The van der Waals surface area contributed by atoms with Crippen LogP contribution in [0.1, 0.15) is 24.1 Å². The first-order valence-electron chi connectivity index (χ1n) is 8.58. The molecule has 0 saturated carbocycles. The van der Waals surface area contributed by atoms with E-state index in [0.717, 1.165) is 5.56 Å². The maximum absolute atomic E-state index is 14.7. The SMILES string of the molecule is CC1=C(C(=O)OCc2ccccc2)C(c2c(F)cccc2Cl)n2ncnc2N1. The molecular weight excluding hydrogens is 383 g/mol. The summed E-state index contributed by atoms with van der Waals surface area (Å²) in [5, 5.41) is 7.36. The number of nitrogens with one attached hydrogen (secondary N) is 1. The second kappa shape index (κ2) is 7.44. The summed E-state index contributed by atoms with van der Waals surface area (Å²) in [6.07, 6.45) is 1.33. The first-order valence-corrected chi connectivity index (χ1v) is 8.96. The Hall–Kier alpha value is -3.19. The zero-order chi connectivity index (χ0) is 19.7. The Morgan fingerprint density at radius 1 is 1.25 bits per heavy atom. The molecule has 1 atom stereocenters. The van der Waals surface area contributed by atoms with Crippen LogP contribution in [0, 0.1) is 5.82 Å². The van der Waals surface area contributed by atoms with Crippen LogP contribution in [0.3, 0.4) is 0 Å². The van der Waals surface area contributed by atoms with Gasteiger partial charge in [-0.3, -0.25) is 0 Å². The first-order chi connectivity index (χ1) is 13.6. The van der Waals surface area contributed by atoms with Gasteiger partial charge in [0, 0.05) is 16.3 Å². The van der Waals surface area contributed by atoms with E-state index in [1.165, 1.54) is 23.1 Å². The maximum Gasteiger partial charge on any atom is 0.338 e. The van der Waals surface area contributed by atoms with E-state index in [1.807, 2.05) is 30.3 Å². The van der Waals surface area contributed by atoms with E-state index < -0.39 is 17.8 Å². The van der Waals surface area contributed by atoms with Crippen LogP contribution in [-0.2, 0) is 16.1 Å². The van der Waals surface area contributed by atoms with Crippen LogP contribution in [0.2, 0.25) is 5.02 Å². The van der Waals surface area contributed by atoms with Gasteiger partial charge < -0.3 is 10.1 Å². The summed E-state index contributed by atoms with van der Waals surface area (Å²) < 4.78 is 21.6. The van der Waals surface area contributed by atoms with Gasteiger partial charge in [0.1, 0.15) is 24.8 Å². The Bertz CT molecular complexity index is 1040. The molecule has 1 N–H and O–H groups in total. The van der Waals surface area contributed by atoms with Crippen molar-refractivity contribution in [3.8, 4) is 0 Å². The normalized spacial score (nSPS) is 15.8. The van der Waals surface area contributed by atoms with E-state index in [1.54, 1.807) is 13.0 Å². The topological polar surface area (TPSA) is 69.0 Å². The molecule has 0 fully saturated rings. The quantitative estimate of drug-likeness (QED) is 0.670. The molecule has 8 heteroatoms. The second-order valence-corrected chi connectivity index (χ2v) is 6.70. The molecule has 1 aliphatic heterocycles. The minimum atomic E-state index is -0.893. The molecule has 1 aliphatic rings. The molecule has 2 aromatic carbocycles. The van der Waals surface area contributed by atoms with E-state index in [0.29, 0.717) is 11.6 Å². The molecule has 2 heterocycles. The summed E-state index contributed by atoms with van der Waals surface area (Å²) in [7, 11) is 0. The minimum Gasteiger partial charge on any atom is -0.457 e. The van der Waals surface area contributed by atoms with E-state index in [9.17, 15) is 9.18 Å². The van der Waals surface area contributed by atoms with Crippen molar-refractivity contribution in [3.63, 3.8) is 0 Å². The van der Waals surface area contributed by atoms with Crippen LogP contribution in [-0.4, -0.2) is 20.7 Å². The Morgan fingerprint density at radius 2 is 2.04 bits per heavy atom. The summed E-state index contributed by atoms with van der Waals surface area (Å²) >= 11 is 6.29. The third-order valence-electron chi connectivity index (χ3n) is 4.50. The molecule has 0 aliphatic carbocycles. The lowest BCUT2D eigenvalue weighted by Gasteiger charge is -2.29. The number of aromatic nitrogens is 3. The Kier molecular flexibility index (Phi) is 4.83. The highest BCUT2D eigenvalue weighted by molar-refractivity contribution is 6.31. The molecule has 1 aromatic heterocycles. The highest BCUT2D eigenvalue weighted by atomic mass is 35.5. The summed E-state index contributed by atoms with van der Waals surface area (Å²) in [6.45, 7) is 1.80. The number of carbonyl (C=O) groups is 1. The Morgan fingerprint density at radius 3 is 2.79 bits per heavy atom. The van der Waals surface area contributed by atoms with E-state index in [2.05, 4.69) is 15.4 Å². The lowest BCUT2D eigenvalue weighted by atomic mass is 9.95. The average Bonchev–Trinajstić information content (AvgIpc) is 3.14. The second-order valence-electron chi connectivity index (χ2n) is 6.29. The van der Waals surface area contributed by atoms with Crippen LogP contribution in [0.5, 0.6) is 0 Å². The van der Waals surface area contributed by atoms with Gasteiger partial charge in [-0.25, -0.2) is 13.9 Å². The molecule has 28 heavy (non-hydrogen) atoms. The van der Waals surface area contributed by atoms with Crippen molar-refractivity contribution < 1.29 is 13.9 Å². The third-order valence-corrected chi connectivity index (χ3v) is 4.83. The number of carbonyl (C=O) groups excluding carboxylic acids is 1. The standard InChI is InChI=1S/C20H16ClFN4O2/c1-12-16(19(27)28-10-13-6-3-2-4-7-13)18(26-20(25-12)23-11-24-26)17-14(21)8-5-9-15(17)22/h2-9,11,18H,10H2,1H3,(H,23,24,25). The van der Waals surface area contributed by atoms with Crippen LogP contribution >= 0.6 is 11.6 Å². The van der Waals surface area contributed by atoms with Crippen molar-refractivity contribution in [2.45, 2.75) is 19.6 Å². The number of anilines is 1. The molecule has 0 radical (unpaired) electrons. The van der Waals surface area contributed by atoms with Crippen LogP contribution in [0.4, 0.5) is 10.3 Å². The minimum absolute atomic E-state index is 0.0956. The molecule has 3 aromatic rings. The fourth-order valence-electron chi connectivity index (χ4n) is 3.20. The fraction of sp³-hybridized carbons (Fsp3) is 0.150. The summed E-state index contributed by atoms with van der Waals surface area (Å²) in [5.41, 5.74) is 1.71. The van der Waals surface area contributed by atoms with Gasteiger partial charge in [0.25, 0.3) is 0 Å². The van der Waals surface area contributed by atoms with Gasteiger partial charge in [0.15, 0.2) is 0 Å². The van der Waals surface area contributed by atoms with E-state index in [4.69, 9.17) is 16.3 Å². The highest BCUT2D eigenvalue weighted by Gasteiger charge is 2.37. The molecule has 0 spiro atoms. The highest BCUT2D eigenvalue weighted by Crippen LogP contribution is 2.39. The number of benzene rings is 2. The molecule has 1 unspecified atom stereocenters. The zero-order valence-electron chi connectivity index (χ0n) is 14.9. The largest absolute Gasteiger partial charge is 0.457 e. The number of halogens is 2. The van der Waals surface area contributed by atoms with Gasteiger partial charge in [-0.15, -0.1) is 0 Å². The number of rotatable bonds is 4. The maximum atomic E-state index is 14.7. The molecular formula is C20H16ClFN4O2. The molecule has 0 bridgehead atoms. The number of nitrogens with zero attached hydrogens (tertiary/aromatic N) is 3. The molecule has 6 nitrogen and oxygen atoms in total. The predicted octanol–water partition coefficient (Wildman–Crippen LogP) is 4.10. The lowest BCUT2D eigenvalue weighted by molar-refractivity contribution is -0.140. The fourth-order valence-corrected chi connectivity index (χ4v) is 3.46. The van der Waals surface area contributed by atoms with Crippen molar-refractivity contribution in [2.75, 3.05) is 5.32 Å². The van der Waals surface area contributed by atoms with Gasteiger partial charge in [-0.05, 0) is 24.6 Å². The van der Waals surface area contributed by atoms with Crippen LogP contribution in [0.15, 0.2) is 66.1 Å². The molecule has 0 amide bonds. The first kappa shape index (κ1) is 18.2. The van der Waals surface area contributed by atoms with E-state index >= 15 is 0 Å². The van der Waals surface area contributed by atoms with Gasteiger partial charge in [-0.2, -0.15) is 10.1 Å². The van der Waals surface area contributed by atoms with Crippen molar-refractivity contribution in [3.05, 3.63) is 88.1 Å².